The number of carbonyl (C=O) groups excluding carboxylic acids is 1. The van der Waals surface area contributed by atoms with Gasteiger partial charge in [0.15, 0.2) is 0 Å². The Bertz CT molecular complexity index is 551. The van der Waals surface area contributed by atoms with E-state index < -0.39 is 10.9 Å². The van der Waals surface area contributed by atoms with Crippen LogP contribution in [-0.2, 0) is 16.0 Å². The first-order valence-electron chi connectivity index (χ1n) is 6.19. The molecule has 1 saturated heterocycles. The SMILES string of the molecule is O=C(O)CC1CN(C(=O)Cc2ccccc2[N+](=O)[O-])C1. The largest absolute Gasteiger partial charge is 0.481 e. The van der Waals surface area contributed by atoms with Crippen molar-refractivity contribution in [3.63, 3.8) is 0 Å². The lowest BCUT2D eigenvalue weighted by molar-refractivity contribution is -0.385. The highest BCUT2D eigenvalue weighted by molar-refractivity contribution is 5.81. The zero-order valence-electron chi connectivity index (χ0n) is 10.7. The van der Waals surface area contributed by atoms with E-state index in [9.17, 15) is 19.7 Å². The van der Waals surface area contributed by atoms with Crippen molar-refractivity contribution in [1.29, 1.82) is 0 Å². The normalized spacial score (nSPS) is 14.7. The Balaban J connectivity index is 1.94. The molecular weight excluding hydrogens is 264 g/mol. The van der Waals surface area contributed by atoms with Gasteiger partial charge >= 0.3 is 5.97 Å². The summed E-state index contributed by atoms with van der Waals surface area (Å²) < 4.78 is 0. The van der Waals surface area contributed by atoms with Crippen LogP contribution >= 0.6 is 0 Å². The van der Waals surface area contributed by atoms with Gasteiger partial charge in [0.2, 0.25) is 5.91 Å². The van der Waals surface area contributed by atoms with Gasteiger partial charge in [0, 0.05) is 30.6 Å². The van der Waals surface area contributed by atoms with Crippen LogP contribution in [0.1, 0.15) is 12.0 Å². The molecule has 1 amide bonds. The smallest absolute Gasteiger partial charge is 0.303 e. The fraction of sp³-hybridized carbons (Fsp3) is 0.385. The Morgan fingerprint density at radius 1 is 1.35 bits per heavy atom. The molecular formula is C13H14N2O5. The van der Waals surface area contributed by atoms with E-state index >= 15 is 0 Å². The third-order valence-electron chi connectivity index (χ3n) is 3.30. The van der Waals surface area contributed by atoms with Gasteiger partial charge in [-0.05, 0) is 0 Å². The second-order valence-corrected chi connectivity index (χ2v) is 4.83. The Kier molecular flexibility index (Phi) is 3.97. The van der Waals surface area contributed by atoms with Crippen LogP contribution in [0.4, 0.5) is 5.69 Å². The summed E-state index contributed by atoms with van der Waals surface area (Å²) in [7, 11) is 0. The molecule has 0 bridgehead atoms. The molecule has 20 heavy (non-hydrogen) atoms. The summed E-state index contributed by atoms with van der Waals surface area (Å²) in [5.74, 6) is -1.09. The molecule has 0 aromatic heterocycles. The van der Waals surface area contributed by atoms with Crippen LogP contribution < -0.4 is 0 Å². The van der Waals surface area contributed by atoms with Gasteiger partial charge in [-0.15, -0.1) is 0 Å². The predicted octanol–water partition coefficient (Wildman–Crippen LogP) is 1.07. The van der Waals surface area contributed by atoms with E-state index in [4.69, 9.17) is 5.11 Å². The summed E-state index contributed by atoms with van der Waals surface area (Å²) in [5.41, 5.74) is 0.313. The molecule has 1 heterocycles. The maximum absolute atomic E-state index is 12.0. The summed E-state index contributed by atoms with van der Waals surface area (Å²) in [4.78, 5) is 34.3. The predicted molar refractivity (Wildman–Crippen MR) is 69.1 cm³/mol. The van der Waals surface area contributed by atoms with Crippen LogP contribution in [0.5, 0.6) is 0 Å². The molecule has 1 aromatic rings. The lowest BCUT2D eigenvalue weighted by Crippen LogP contribution is -2.51. The van der Waals surface area contributed by atoms with Crippen LogP contribution in [0.25, 0.3) is 0 Å². The average molecular weight is 278 g/mol. The number of carboxylic acid groups (broad SMARTS) is 1. The molecule has 0 radical (unpaired) electrons. The Morgan fingerprint density at radius 2 is 2.00 bits per heavy atom. The number of aliphatic carboxylic acids is 1. The zero-order valence-corrected chi connectivity index (χ0v) is 10.7. The van der Waals surface area contributed by atoms with Crippen LogP contribution in [-0.4, -0.2) is 39.9 Å². The summed E-state index contributed by atoms with van der Waals surface area (Å²) in [5, 5.41) is 19.5. The molecule has 7 nitrogen and oxygen atoms in total. The van der Waals surface area contributed by atoms with E-state index in [1.807, 2.05) is 0 Å². The summed E-state index contributed by atoms with van der Waals surface area (Å²) >= 11 is 0. The molecule has 1 aliphatic heterocycles. The third-order valence-corrected chi connectivity index (χ3v) is 3.30. The number of para-hydroxylation sites is 1. The van der Waals surface area contributed by atoms with E-state index in [0.717, 1.165) is 0 Å². The fourth-order valence-corrected chi connectivity index (χ4v) is 2.26. The second kappa shape index (κ2) is 5.68. The number of hydrogen-bond donors (Lipinski definition) is 1. The highest BCUT2D eigenvalue weighted by Gasteiger charge is 2.32. The number of hydrogen-bond acceptors (Lipinski definition) is 4. The third kappa shape index (κ3) is 3.11. The summed E-state index contributed by atoms with van der Waals surface area (Å²) in [6.07, 6.45) is 0.0200. The van der Waals surface area contributed by atoms with E-state index in [-0.39, 0.29) is 30.4 Å². The molecule has 1 aliphatic rings. The highest BCUT2D eigenvalue weighted by atomic mass is 16.6. The van der Waals surface area contributed by atoms with Crippen molar-refractivity contribution in [2.45, 2.75) is 12.8 Å². The number of carbonyl (C=O) groups is 2. The molecule has 2 rings (SSSR count). The van der Waals surface area contributed by atoms with E-state index in [1.54, 1.807) is 18.2 Å². The number of nitro benzene ring substituents is 1. The molecule has 0 saturated carbocycles. The fourth-order valence-electron chi connectivity index (χ4n) is 2.26. The lowest BCUT2D eigenvalue weighted by Gasteiger charge is -2.38. The van der Waals surface area contributed by atoms with Crippen LogP contribution in [0.2, 0.25) is 0 Å². The minimum atomic E-state index is -0.874. The number of carboxylic acids is 1. The molecule has 1 aromatic carbocycles. The van der Waals surface area contributed by atoms with Crippen LogP contribution in [0.15, 0.2) is 24.3 Å². The standard InChI is InChI=1S/C13H14N2O5/c16-12(14-7-9(8-14)5-13(17)18)6-10-3-1-2-4-11(10)15(19)20/h1-4,9H,5-8H2,(H,17,18). The minimum Gasteiger partial charge on any atom is -0.481 e. The maximum atomic E-state index is 12.0. The number of amides is 1. The van der Waals surface area contributed by atoms with Crippen molar-refractivity contribution in [1.82, 2.24) is 4.90 Å². The van der Waals surface area contributed by atoms with Gasteiger partial charge in [0.05, 0.1) is 17.8 Å². The first kappa shape index (κ1) is 14.0. The Labute approximate surface area is 115 Å². The van der Waals surface area contributed by atoms with E-state index in [2.05, 4.69) is 0 Å². The van der Waals surface area contributed by atoms with E-state index in [1.165, 1.54) is 11.0 Å². The van der Waals surface area contributed by atoms with Gasteiger partial charge in [-0.3, -0.25) is 19.7 Å². The molecule has 7 heteroatoms. The molecule has 1 fully saturated rings. The number of rotatable bonds is 5. The summed E-state index contributed by atoms with van der Waals surface area (Å²) in [6.45, 7) is 0.817. The van der Waals surface area contributed by atoms with Gasteiger partial charge in [-0.25, -0.2) is 0 Å². The first-order valence-corrected chi connectivity index (χ1v) is 6.19. The Hall–Kier alpha value is -2.44. The monoisotopic (exact) mass is 278 g/mol. The molecule has 0 atom stereocenters. The molecule has 0 aliphatic carbocycles. The van der Waals surface area contributed by atoms with Crippen molar-refractivity contribution in [2.75, 3.05) is 13.1 Å². The van der Waals surface area contributed by atoms with Crippen molar-refractivity contribution in [2.24, 2.45) is 5.92 Å². The van der Waals surface area contributed by atoms with Gasteiger partial charge in [0.25, 0.3) is 5.69 Å². The highest BCUT2D eigenvalue weighted by Crippen LogP contribution is 2.23. The molecule has 106 valence electrons. The molecule has 0 spiro atoms. The van der Waals surface area contributed by atoms with Crippen LogP contribution in [0.3, 0.4) is 0 Å². The number of likely N-dealkylation sites (tertiary alicyclic amines) is 1. The maximum Gasteiger partial charge on any atom is 0.303 e. The van der Waals surface area contributed by atoms with Crippen LogP contribution in [0, 0.1) is 16.0 Å². The molecule has 1 N–H and O–H groups in total. The number of nitrogens with zero attached hydrogens (tertiary/aromatic N) is 2. The minimum absolute atomic E-state index is 0.0118. The summed E-state index contributed by atoms with van der Waals surface area (Å²) in [6, 6.07) is 6.13. The Morgan fingerprint density at radius 3 is 2.60 bits per heavy atom. The van der Waals surface area contributed by atoms with Crippen molar-refractivity contribution in [3.05, 3.63) is 39.9 Å². The van der Waals surface area contributed by atoms with Gasteiger partial charge in [-0.1, -0.05) is 18.2 Å². The van der Waals surface area contributed by atoms with E-state index in [0.29, 0.717) is 18.7 Å². The zero-order chi connectivity index (χ0) is 14.7. The average Bonchev–Trinajstić information content (AvgIpc) is 2.33. The first-order chi connectivity index (χ1) is 9.47. The quantitative estimate of drug-likeness (QED) is 0.641. The van der Waals surface area contributed by atoms with Crippen molar-refractivity contribution >= 4 is 17.6 Å². The van der Waals surface area contributed by atoms with Crippen molar-refractivity contribution in [3.8, 4) is 0 Å². The lowest BCUT2D eigenvalue weighted by atomic mass is 9.95. The van der Waals surface area contributed by atoms with Crippen molar-refractivity contribution < 1.29 is 19.6 Å². The van der Waals surface area contributed by atoms with Gasteiger partial charge < -0.3 is 10.0 Å². The second-order valence-electron chi connectivity index (χ2n) is 4.83. The topological polar surface area (TPSA) is 101 Å². The molecule has 0 unspecified atom stereocenters. The van der Waals surface area contributed by atoms with Gasteiger partial charge in [0.1, 0.15) is 0 Å². The number of nitro groups is 1. The van der Waals surface area contributed by atoms with Gasteiger partial charge in [-0.2, -0.15) is 0 Å². The number of benzene rings is 1.